The maximum atomic E-state index is 12.7. The van der Waals surface area contributed by atoms with Crippen molar-refractivity contribution in [1.29, 1.82) is 0 Å². The van der Waals surface area contributed by atoms with Crippen molar-refractivity contribution in [3.8, 4) is 17.0 Å². The molecule has 1 aliphatic carbocycles. The summed E-state index contributed by atoms with van der Waals surface area (Å²) in [5.74, 6) is 1.14. The number of H-pyrrole nitrogens is 1. The number of aromatic amines is 1. The Morgan fingerprint density at radius 1 is 1.19 bits per heavy atom. The van der Waals surface area contributed by atoms with Crippen LogP contribution in [-0.4, -0.2) is 28.2 Å². The summed E-state index contributed by atoms with van der Waals surface area (Å²) in [6, 6.07) is 13.4. The number of nitrogens with one attached hydrogen (secondary N) is 2. The summed E-state index contributed by atoms with van der Waals surface area (Å²) in [4.78, 5) is 16.7. The van der Waals surface area contributed by atoms with E-state index in [9.17, 15) is 4.79 Å². The molecule has 0 radical (unpaired) electrons. The zero-order valence-electron chi connectivity index (χ0n) is 14.5. The second-order valence-electron chi connectivity index (χ2n) is 6.46. The van der Waals surface area contributed by atoms with Crippen LogP contribution in [0.2, 0.25) is 0 Å². The Hall–Kier alpha value is -3.15. The van der Waals surface area contributed by atoms with Crippen LogP contribution in [0.3, 0.4) is 0 Å². The van der Waals surface area contributed by atoms with E-state index >= 15 is 0 Å². The number of carbonyl (C=O) groups excluding carboxylic acids is 1. The summed E-state index contributed by atoms with van der Waals surface area (Å²) >= 11 is 0. The highest BCUT2D eigenvalue weighted by Gasteiger charge is 2.33. The smallest absolute Gasteiger partial charge is 0.269 e. The molecule has 1 fully saturated rings. The second kappa shape index (κ2) is 7.00. The molecule has 132 valence electrons. The molecule has 1 amide bonds. The van der Waals surface area contributed by atoms with E-state index in [1.807, 2.05) is 36.4 Å². The maximum absolute atomic E-state index is 12.7. The van der Waals surface area contributed by atoms with Gasteiger partial charge in [-0.1, -0.05) is 12.1 Å². The van der Waals surface area contributed by atoms with Crippen LogP contribution in [0.1, 0.15) is 34.9 Å². The summed E-state index contributed by atoms with van der Waals surface area (Å²) in [6.07, 6.45) is 5.66. The van der Waals surface area contributed by atoms with Crippen LogP contribution in [0, 0.1) is 5.92 Å². The van der Waals surface area contributed by atoms with Gasteiger partial charge in [-0.15, -0.1) is 0 Å². The van der Waals surface area contributed by atoms with Gasteiger partial charge in [0.05, 0.1) is 18.8 Å². The van der Waals surface area contributed by atoms with Crippen LogP contribution in [-0.2, 0) is 0 Å². The van der Waals surface area contributed by atoms with Crippen molar-refractivity contribution in [3.63, 3.8) is 0 Å². The number of aromatic nitrogens is 3. The number of ether oxygens (including phenoxy) is 1. The number of rotatable bonds is 6. The molecule has 3 aromatic rings. The molecule has 0 aliphatic heterocycles. The molecule has 6 nitrogen and oxygen atoms in total. The fourth-order valence-corrected chi connectivity index (χ4v) is 3.04. The van der Waals surface area contributed by atoms with E-state index in [4.69, 9.17) is 4.74 Å². The van der Waals surface area contributed by atoms with E-state index in [2.05, 4.69) is 20.5 Å². The molecule has 1 atom stereocenters. The zero-order valence-corrected chi connectivity index (χ0v) is 14.5. The third kappa shape index (κ3) is 3.44. The first kappa shape index (κ1) is 16.3. The lowest BCUT2D eigenvalue weighted by molar-refractivity contribution is 0.0926. The van der Waals surface area contributed by atoms with E-state index in [0.29, 0.717) is 11.6 Å². The quantitative estimate of drug-likeness (QED) is 0.716. The van der Waals surface area contributed by atoms with Crippen molar-refractivity contribution in [2.45, 2.75) is 18.9 Å². The number of amides is 1. The van der Waals surface area contributed by atoms with Crippen LogP contribution < -0.4 is 10.1 Å². The second-order valence-corrected chi connectivity index (χ2v) is 6.46. The third-order valence-corrected chi connectivity index (χ3v) is 4.65. The van der Waals surface area contributed by atoms with Crippen molar-refractivity contribution in [1.82, 2.24) is 20.5 Å². The van der Waals surface area contributed by atoms with Crippen LogP contribution in [0.15, 0.2) is 54.9 Å². The van der Waals surface area contributed by atoms with Crippen LogP contribution in [0.4, 0.5) is 0 Å². The largest absolute Gasteiger partial charge is 0.497 e. The molecule has 0 saturated heterocycles. The van der Waals surface area contributed by atoms with E-state index in [-0.39, 0.29) is 11.9 Å². The van der Waals surface area contributed by atoms with Crippen molar-refractivity contribution in [2.24, 2.45) is 5.92 Å². The topological polar surface area (TPSA) is 79.9 Å². The van der Waals surface area contributed by atoms with Gasteiger partial charge in [-0.25, -0.2) is 0 Å². The predicted octanol–water partition coefficient (Wildman–Crippen LogP) is 3.36. The lowest BCUT2D eigenvalue weighted by Gasteiger charge is -2.18. The van der Waals surface area contributed by atoms with Gasteiger partial charge in [-0.05, 0) is 54.7 Å². The van der Waals surface area contributed by atoms with E-state index in [0.717, 1.165) is 35.4 Å². The normalized spacial score (nSPS) is 14.7. The first-order valence-electron chi connectivity index (χ1n) is 8.65. The number of nitrogens with zero attached hydrogens (tertiary/aromatic N) is 2. The summed E-state index contributed by atoms with van der Waals surface area (Å²) in [6.45, 7) is 0. The van der Waals surface area contributed by atoms with Gasteiger partial charge in [0.25, 0.3) is 5.91 Å². The highest BCUT2D eigenvalue weighted by molar-refractivity contribution is 5.93. The number of hydrogen-bond acceptors (Lipinski definition) is 4. The Morgan fingerprint density at radius 2 is 1.92 bits per heavy atom. The van der Waals surface area contributed by atoms with Gasteiger partial charge in [0.15, 0.2) is 0 Å². The summed E-state index contributed by atoms with van der Waals surface area (Å²) in [5, 5.41) is 10.2. The molecule has 0 unspecified atom stereocenters. The van der Waals surface area contributed by atoms with Crippen LogP contribution >= 0.6 is 0 Å². The summed E-state index contributed by atoms with van der Waals surface area (Å²) in [7, 11) is 1.65. The molecule has 0 bridgehead atoms. The predicted molar refractivity (Wildman–Crippen MR) is 97.7 cm³/mol. The molecule has 1 aromatic carbocycles. The fraction of sp³-hybridized carbons (Fsp3) is 0.250. The SMILES string of the molecule is COc1ccc([C@H](NC(=O)c2cc(-c3ccncc3)n[nH]2)C2CC2)cc1. The lowest BCUT2D eigenvalue weighted by Crippen LogP contribution is -2.30. The molecule has 0 spiro atoms. The Bertz CT molecular complexity index is 886. The molecule has 1 saturated carbocycles. The zero-order chi connectivity index (χ0) is 17.9. The van der Waals surface area contributed by atoms with Gasteiger partial charge in [0.2, 0.25) is 0 Å². The van der Waals surface area contributed by atoms with Gasteiger partial charge in [-0.3, -0.25) is 14.9 Å². The highest BCUT2D eigenvalue weighted by Crippen LogP contribution is 2.41. The van der Waals surface area contributed by atoms with Crippen molar-refractivity contribution < 1.29 is 9.53 Å². The number of benzene rings is 1. The minimum Gasteiger partial charge on any atom is -0.497 e. The maximum Gasteiger partial charge on any atom is 0.269 e. The Kier molecular flexibility index (Phi) is 4.39. The van der Waals surface area contributed by atoms with E-state index in [1.165, 1.54) is 0 Å². The molecule has 2 heterocycles. The third-order valence-electron chi connectivity index (χ3n) is 4.65. The minimum absolute atomic E-state index is 0.00100. The molecule has 1 aliphatic rings. The standard InChI is InChI=1S/C20H20N4O2/c1-26-16-6-4-15(5-7-16)19(14-2-3-14)22-20(25)18-12-17(23-24-18)13-8-10-21-11-9-13/h4-12,14,19H,2-3H2,1H3,(H,22,25)(H,23,24)/t19-/m1/s1. The summed E-state index contributed by atoms with van der Waals surface area (Å²) in [5.41, 5.74) is 3.20. The molecule has 2 N–H and O–H groups in total. The van der Waals surface area contributed by atoms with Gasteiger partial charge in [0, 0.05) is 18.0 Å². The van der Waals surface area contributed by atoms with Gasteiger partial charge >= 0.3 is 0 Å². The fourth-order valence-electron chi connectivity index (χ4n) is 3.04. The van der Waals surface area contributed by atoms with Crippen molar-refractivity contribution in [3.05, 3.63) is 66.1 Å². The molecule has 6 heteroatoms. The minimum atomic E-state index is -0.148. The number of carbonyl (C=O) groups is 1. The average molecular weight is 348 g/mol. The first-order valence-corrected chi connectivity index (χ1v) is 8.65. The van der Waals surface area contributed by atoms with Gasteiger partial charge in [-0.2, -0.15) is 5.10 Å². The van der Waals surface area contributed by atoms with Crippen LogP contribution in [0.25, 0.3) is 11.3 Å². The van der Waals surface area contributed by atoms with Crippen molar-refractivity contribution in [2.75, 3.05) is 7.11 Å². The van der Waals surface area contributed by atoms with Gasteiger partial charge in [0.1, 0.15) is 11.4 Å². The van der Waals surface area contributed by atoms with Gasteiger partial charge < -0.3 is 10.1 Å². The Balaban J connectivity index is 1.51. The molecular weight excluding hydrogens is 328 g/mol. The molecule has 4 rings (SSSR count). The number of pyridine rings is 1. The average Bonchev–Trinajstić information content (AvgIpc) is 3.42. The van der Waals surface area contributed by atoms with E-state index < -0.39 is 0 Å². The molecular formula is C20H20N4O2. The van der Waals surface area contributed by atoms with E-state index in [1.54, 1.807) is 25.6 Å². The molecule has 2 aromatic heterocycles. The monoisotopic (exact) mass is 348 g/mol. The Labute approximate surface area is 151 Å². The molecule has 26 heavy (non-hydrogen) atoms. The highest BCUT2D eigenvalue weighted by atomic mass is 16.5. The lowest BCUT2D eigenvalue weighted by atomic mass is 10.0. The Morgan fingerprint density at radius 3 is 2.58 bits per heavy atom. The van der Waals surface area contributed by atoms with Crippen molar-refractivity contribution >= 4 is 5.91 Å². The van der Waals surface area contributed by atoms with Crippen LogP contribution in [0.5, 0.6) is 5.75 Å². The summed E-state index contributed by atoms with van der Waals surface area (Å²) < 4.78 is 5.22. The first-order chi connectivity index (χ1) is 12.7. The number of methoxy groups -OCH3 is 1. The number of hydrogen-bond donors (Lipinski definition) is 2.